The van der Waals surface area contributed by atoms with E-state index in [0.29, 0.717) is 16.4 Å². The maximum absolute atomic E-state index is 11.6. The summed E-state index contributed by atoms with van der Waals surface area (Å²) in [4.78, 5) is 22.7. The summed E-state index contributed by atoms with van der Waals surface area (Å²) in [7, 11) is 0. The number of hydrogen-bond acceptors (Lipinski definition) is 4. The number of fused-ring (bicyclic) bond motifs is 1. The summed E-state index contributed by atoms with van der Waals surface area (Å²) in [6.07, 6.45) is 2.15. The predicted octanol–water partition coefficient (Wildman–Crippen LogP) is 2.27. The van der Waals surface area contributed by atoms with Crippen LogP contribution in [0.15, 0.2) is 30.4 Å². The van der Waals surface area contributed by atoms with Gasteiger partial charge >= 0.3 is 5.97 Å². The number of nitrogens with one attached hydrogen (secondary N) is 2. The lowest BCUT2D eigenvalue weighted by Gasteiger charge is -1.98. The van der Waals surface area contributed by atoms with Crippen LogP contribution in [-0.2, 0) is 14.3 Å². The topological polar surface area (TPSA) is 84.1 Å². The van der Waals surface area contributed by atoms with Crippen LogP contribution in [0.4, 0.5) is 5.82 Å². The Balaban J connectivity index is 2.08. The van der Waals surface area contributed by atoms with E-state index in [2.05, 4.69) is 20.3 Å². The molecule has 2 aromatic rings. The summed E-state index contributed by atoms with van der Waals surface area (Å²) in [5.41, 5.74) is 0.710. The van der Waals surface area contributed by atoms with E-state index >= 15 is 0 Å². The Morgan fingerprint density at radius 1 is 1.45 bits per heavy atom. The molecule has 0 atom stereocenters. The molecule has 1 heterocycles. The van der Waals surface area contributed by atoms with Crippen LogP contribution in [-0.4, -0.2) is 28.7 Å². The van der Waals surface area contributed by atoms with Crippen molar-refractivity contribution < 1.29 is 14.3 Å². The number of esters is 1. The van der Waals surface area contributed by atoms with Gasteiger partial charge in [-0.25, -0.2) is 4.79 Å². The van der Waals surface area contributed by atoms with Gasteiger partial charge in [-0.1, -0.05) is 11.6 Å². The van der Waals surface area contributed by atoms with E-state index in [-0.39, 0.29) is 6.61 Å². The van der Waals surface area contributed by atoms with Crippen LogP contribution in [0, 0.1) is 0 Å². The van der Waals surface area contributed by atoms with Crippen molar-refractivity contribution in [2.24, 2.45) is 0 Å². The number of hydrogen-bond donors (Lipinski definition) is 2. The molecule has 0 saturated heterocycles. The van der Waals surface area contributed by atoms with Gasteiger partial charge in [0.25, 0.3) is 0 Å². The predicted molar refractivity (Wildman–Crippen MR) is 75.5 cm³/mol. The first-order valence-electron chi connectivity index (χ1n) is 5.89. The second-order valence-electron chi connectivity index (χ2n) is 3.84. The third kappa shape index (κ3) is 3.36. The molecular formula is C13H12ClN3O3. The van der Waals surface area contributed by atoms with Gasteiger partial charge in [0.1, 0.15) is 0 Å². The van der Waals surface area contributed by atoms with Gasteiger partial charge < -0.3 is 10.1 Å². The molecule has 2 N–H and O–H groups in total. The lowest BCUT2D eigenvalue weighted by molar-refractivity contribution is -0.137. The highest BCUT2D eigenvalue weighted by Crippen LogP contribution is 2.23. The normalized spacial score (nSPS) is 10.9. The van der Waals surface area contributed by atoms with Crippen molar-refractivity contribution in [3.63, 3.8) is 0 Å². The van der Waals surface area contributed by atoms with Crippen LogP contribution < -0.4 is 5.32 Å². The number of nitrogens with zero attached hydrogens (tertiary/aromatic N) is 1. The zero-order chi connectivity index (χ0) is 14.5. The van der Waals surface area contributed by atoms with Crippen LogP contribution in [0.25, 0.3) is 10.9 Å². The van der Waals surface area contributed by atoms with E-state index in [1.165, 1.54) is 0 Å². The minimum absolute atomic E-state index is 0.259. The van der Waals surface area contributed by atoms with Crippen molar-refractivity contribution in [3.05, 3.63) is 35.4 Å². The first-order valence-corrected chi connectivity index (χ1v) is 6.27. The molecule has 0 fully saturated rings. The molecule has 0 unspecified atom stereocenters. The standard InChI is InChI=1S/C13H12ClN3O3/c1-2-20-12(19)6-5-11(18)15-13-9-4-3-8(14)7-10(9)16-17-13/h3-7H,2H2,1H3,(H2,15,16,17,18)/b6-5+. The fourth-order valence-electron chi connectivity index (χ4n) is 1.58. The average molecular weight is 294 g/mol. The van der Waals surface area contributed by atoms with Gasteiger partial charge in [-0.05, 0) is 25.1 Å². The molecule has 0 spiro atoms. The molecule has 1 amide bonds. The molecule has 1 aromatic carbocycles. The number of benzene rings is 1. The number of amides is 1. The molecule has 0 radical (unpaired) electrons. The molecule has 104 valence electrons. The van der Waals surface area contributed by atoms with Gasteiger partial charge in [-0.2, -0.15) is 5.10 Å². The van der Waals surface area contributed by atoms with Crippen LogP contribution >= 0.6 is 11.6 Å². The van der Waals surface area contributed by atoms with E-state index < -0.39 is 11.9 Å². The molecular weight excluding hydrogens is 282 g/mol. The van der Waals surface area contributed by atoms with Gasteiger partial charge in [0.05, 0.1) is 12.1 Å². The molecule has 0 aliphatic rings. The van der Waals surface area contributed by atoms with Gasteiger partial charge in [0.2, 0.25) is 5.91 Å². The molecule has 7 heteroatoms. The van der Waals surface area contributed by atoms with Crippen molar-refractivity contribution >= 4 is 40.2 Å². The maximum Gasteiger partial charge on any atom is 0.330 e. The van der Waals surface area contributed by atoms with Crippen molar-refractivity contribution in [1.29, 1.82) is 0 Å². The number of aromatic nitrogens is 2. The summed E-state index contributed by atoms with van der Waals surface area (Å²) in [6, 6.07) is 5.14. The highest BCUT2D eigenvalue weighted by Gasteiger charge is 2.08. The van der Waals surface area contributed by atoms with Crippen LogP contribution in [0.3, 0.4) is 0 Å². The third-order valence-electron chi connectivity index (χ3n) is 2.42. The maximum atomic E-state index is 11.6. The lowest BCUT2D eigenvalue weighted by Crippen LogP contribution is -2.10. The minimum Gasteiger partial charge on any atom is -0.463 e. The Labute approximate surface area is 119 Å². The molecule has 0 bridgehead atoms. The Kier molecular flexibility index (Phi) is 4.37. The second kappa shape index (κ2) is 6.21. The zero-order valence-corrected chi connectivity index (χ0v) is 11.4. The number of halogens is 1. The van der Waals surface area contributed by atoms with Crippen molar-refractivity contribution in [2.45, 2.75) is 6.92 Å². The van der Waals surface area contributed by atoms with Gasteiger partial charge in [-0.3, -0.25) is 9.89 Å². The number of anilines is 1. The SMILES string of the molecule is CCOC(=O)/C=C/C(=O)Nc1n[nH]c2cc(Cl)ccc12. The highest BCUT2D eigenvalue weighted by atomic mass is 35.5. The van der Waals surface area contributed by atoms with E-state index in [1.807, 2.05) is 0 Å². The lowest BCUT2D eigenvalue weighted by atomic mass is 10.2. The van der Waals surface area contributed by atoms with E-state index in [9.17, 15) is 9.59 Å². The number of carbonyl (C=O) groups excluding carboxylic acids is 2. The summed E-state index contributed by atoms with van der Waals surface area (Å²) < 4.78 is 4.67. The van der Waals surface area contributed by atoms with Crippen LogP contribution in [0.1, 0.15) is 6.92 Å². The summed E-state index contributed by atoms with van der Waals surface area (Å²) >= 11 is 5.85. The van der Waals surface area contributed by atoms with E-state index in [0.717, 1.165) is 17.5 Å². The Bertz CT molecular complexity index is 679. The largest absolute Gasteiger partial charge is 0.463 e. The molecule has 1 aromatic heterocycles. The molecule has 0 saturated carbocycles. The van der Waals surface area contributed by atoms with Crippen molar-refractivity contribution in [1.82, 2.24) is 10.2 Å². The number of ether oxygens (including phenoxy) is 1. The monoisotopic (exact) mass is 293 g/mol. The fraction of sp³-hybridized carbons (Fsp3) is 0.154. The number of rotatable bonds is 4. The van der Waals surface area contributed by atoms with Crippen LogP contribution in [0.5, 0.6) is 0 Å². The quantitative estimate of drug-likeness (QED) is 0.669. The number of H-pyrrole nitrogens is 1. The highest BCUT2D eigenvalue weighted by molar-refractivity contribution is 6.31. The fourth-order valence-corrected chi connectivity index (χ4v) is 1.75. The number of carbonyl (C=O) groups is 2. The van der Waals surface area contributed by atoms with E-state index in [4.69, 9.17) is 11.6 Å². The summed E-state index contributed by atoms with van der Waals surface area (Å²) in [6.45, 7) is 1.95. The molecule has 6 nitrogen and oxygen atoms in total. The Morgan fingerprint density at radius 2 is 2.25 bits per heavy atom. The number of aromatic amines is 1. The molecule has 0 aliphatic carbocycles. The third-order valence-corrected chi connectivity index (χ3v) is 2.66. The first kappa shape index (κ1) is 14.1. The second-order valence-corrected chi connectivity index (χ2v) is 4.27. The van der Waals surface area contributed by atoms with E-state index in [1.54, 1.807) is 25.1 Å². The molecule has 0 aliphatic heterocycles. The summed E-state index contributed by atoms with van der Waals surface area (Å²) in [5.74, 6) is -0.669. The van der Waals surface area contributed by atoms with Crippen molar-refractivity contribution in [3.8, 4) is 0 Å². The van der Waals surface area contributed by atoms with Crippen LogP contribution in [0.2, 0.25) is 5.02 Å². The Hall–Kier alpha value is -2.34. The van der Waals surface area contributed by atoms with Gasteiger partial charge in [0, 0.05) is 22.6 Å². The molecule has 2 rings (SSSR count). The Morgan fingerprint density at radius 3 is 3.00 bits per heavy atom. The summed E-state index contributed by atoms with van der Waals surface area (Å²) in [5, 5.41) is 10.6. The van der Waals surface area contributed by atoms with Crippen molar-refractivity contribution in [2.75, 3.05) is 11.9 Å². The zero-order valence-electron chi connectivity index (χ0n) is 10.6. The van der Waals surface area contributed by atoms with Gasteiger partial charge in [-0.15, -0.1) is 0 Å². The minimum atomic E-state index is -0.568. The first-order chi connectivity index (χ1) is 9.60. The molecule has 20 heavy (non-hydrogen) atoms. The smallest absolute Gasteiger partial charge is 0.330 e. The van der Waals surface area contributed by atoms with Gasteiger partial charge in [0.15, 0.2) is 5.82 Å². The average Bonchev–Trinajstić information content (AvgIpc) is 2.79.